The number of azo groups is 1. The molecule has 0 saturated heterocycles. The summed E-state index contributed by atoms with van der Waals surface area (Å²) in [5, 5.41) is 19.3. The fourth-order valence-electron chi connectivity index (χ4n) is 3.04. The quantitative estimate of drug-likeness (QED) is 0.613. The van der Waals surface area contributed by atoms with E-state index in [0.717, 1.165) is 10.9 Å². The zero-order chi connectivity index (χ0) is 20.3. The Morgan fingerprint density at radius 1 is 1.11 bits per heavy atom. The van der Waals surface area contributed by atoms with E-state index in [4.69, 9.17) is 9.47 Å². The summed E-state index contributed by atoms with van der Waals surface area (Å²) >= 11 is 0. The van der Waals surface area contributed by atoms with Gasteiger partial charge in [-0.25, -0.2) is 0 Å². The smallest absolute Gasteiger partial charge is 0.295 e. The van der Waals surface area contributed by atoms with Gasteiger partial charge in [0.1, 0.15) is 0 Å². The number of carbonyl (C=O) groups is 1. The van der Waals surface area contributed by atoms with Gasteiger partial charge in [-0.05, 0) is 30.2 Å². The van der Waals surface area contributed by atoms with Crippen molar-refractivity contribution in [3.05, 3.63) is 48.0 Å². The van der Waals surface area contributed by atoms with Crippen LogP contribution in [0.1, 0.15) is 24.2 Å². The molecule has 1 aromatic heterocycles. The highest BCUT2D eigenvalue weighted by molar-refractivity contribution is 5.97. The molecule has 0 radical (unpaired) electrons. The Kier molecular flexibility index (Phi) is 5.63. The monoisotopic (exact) mass is 381 g/mol. The molecular weight excluding hydrogens is 358 g/mol. The predicted molar refractivity (Wildman–Crippen MR) is 107 cm³/mol. The molecule has 0 aliphatic carbocycles. The second-order valence-electron chi connectivity index (χ2n) is 6.77. The van der Waals surface area contributed by atoms with E-state index in [0.29, 0.717) is 29.5 Å². The van der Waals surface area contributed by atoms with Crippen LogP contribution in [0.5, 0.6) is 17.4 Å². The molecule has 0 aliphatic heterocycles. The molecular formula is C21H23N3O4. The van der Waals surface area contributed by atoms with Crippen LogP contribution in [0.15, 0.2) is 52.7 Å². The van der Waals surface area contributed by atoms with E-state index in [-0.39, 0.29) is 11.6 Å². The number of ether oxygens (including phenoxy) is 2. The number of fused-ring (bicyclic) bond motifs is 1. The third-order valence-corrected chi connectivity index (χ3v) is 4.34. The number of nitrogens with zero attached hydrogens (tertiary/aromatic N) is 3. The van der Waals surface area contributed by atoms with Gasteiger partial charge in [0, 0.05) is 17.5 Å². The second kappa shape index (κ2) is 8.12. The molecule has 0 saturated carbocycles. The van der Waals surface area contributed by atoms with E-state index in [1.165, 1.54) is 14.2 Å². The molecule has 0 spiro atoms. The van der Waals surface area contributed by atoms with Gasteiger partial charge in [-0.1, -0.05) is 32.0 Å². The fraction of sp³-hybridized carbons (Fsp3) is 0.286. The highest BCUT2D eigenvalue weighted by Gasteiger charge is 2.18. The number of hydrogen-bond donors (Lipinski definition) is 1. The van der Waals surface area contributed by atoms with Gasteiger partial charge in [-0.3, -0.25) is 4.79 Å². The molecule has 28 heavy (non-hydrogen) atoms. The number of rotatable bonds is 6. The molecule has 1 N–H and O–H groups in total. The van der Waals surface area contributed by atoms with Crippen molar-refractivity contribution in [3.8, 4) is 17.4 Å². The van der Waals surface area contributed by atoms with E-state index >= 15 is 0 Å². The summed E-state index contributed by atoms with van der Waals surface area (Å²) in [6, 6.07) is 12.3. The minimum Gasteiger partial charge on any atom is -0.493 e. The molecule has 7 nitrogen and oxygen atoms in total. The van der Waals surface area contributed by atoms with Crippen molar-refractivity contribution in [1.29, 1.82) is 0 Å². The lowest BCUT2D eigenvalue weighted by atomic mass is 10.2. The Morgan fingerprint density at radius 2 is 1.82 bits per heavy atom. The number of para-hydroxylation sites is 1. The average Bonchev–Trinajstić information content (AvgIpc) is 2.96. The molecule has 146 valence electrons. The van der Waals surface area contributed by atoms with E-state index in [9.17, 15) is 9.90 Å². The molecule has 1 heterocycles. The lowest BCUT2D eigenvalue weighted by molar-refractivity contribution is 0.0994. The van der Waals surface area contributed by atoms with Crippen LogP contribution in [0, 0.1) is 5.92 Å². The van der Waals surface area contributed by atoms with Crippen LogP contribution in [-0.2, 0) is 6.54 Å². The summed E-state index contributed by atoms with van der Waals surface area (Å²) in [4.78, 5) is 12.5. The molecule has 0 aliphatic rings. The molecule has 2 aromatic carbocycles. The molecule has 0 bridgehead atoms. The molecule has 1 amide bonds. The zero-order valence-corrected chi connectivity index (χ0v) is 16.3. The van der Waals surface area contributed by atoms with Crippen LogP contribution in [0.2, 0.25) is 0 Å². The Hall–Kier alpha value is -3.35. The number of benzene rings is 2. The largest absolute Gasteiger partial charge is 0.493 e. The SMILES string of the molecule is COc1ccc(C(=O)N=Nc2c(O)n(CC(C)C)c3ccccc23)cc1OC. The number of methoxy groups -OCH3 is 2. The number of aromatic nitrogens is 1. The highest BCUT2D eigenvalue weighted by Crippen LogP contribution is 2.39. The summed E-state index contributed by atoms with van der Waals surface area (Å²) in [7, 11) is 3.02. The maximum Gasteiger partial charge on any atom is 0.295 e. The fourth-order valence-corrected chi connectivity index (χ4v) is 3.04. The van der Waals surface area contributed by atoms with Crippen molar-refractivity contribution < 1.29 is 19.4 Å². The van der Waals surface area contributed by atoms with Crippen LogP contribution in [-0.4, -0.2) is 29.8 Å². The first-order chi connectivity index (χ1) is 13.5. The minimum atomic E-state index is -0.541. The predicted octanol–water partition coefficient (Wildman–Crippen LogP) is 4.94. The normalized spacial score (nSPS) is 11.5. The summed E-state index contributed by atoms with van der Waals surface area (Å²) in [6.45, 7) is 4.76. The third-order valence-electron chi connectivity index (χ3n) is 4.34. The Balaban J connectivity index is 1.97. The van der Waals surface area contributed by atoms with E-state index in [1.807, 2.05) is 24.3 Å². The maximum absolute atomic E-state index is 12.5. The van der Waals surface area contributed by atoms with Crippen LogP contribution in [0.25, 0.3) is 10.9 Å². The number of carbonyl (C=O) groups excluding carboxylic acids is 1. The van der Waals surface area contributed by atoms with Gasteiger partial charge in [0.05, 0.1) is 19.7 Å². The van der Waals surface area contributed by atoms with Gasteiger partial charge in [-0.15, -0.1) is 10.2 Å². The van der Waals surface area contributed by atoms with Gasteiger partial charge in [0.2, 0.25) is 5.88 Å². The minimum absolute atomic E-state index is 0.00115. The zero-order valence-electron chi connectivity index (χ0n) is 16.3. The van der Waals surface area contributed by atoms with Crippen LogP contribution >= 0.6 is 0 Å². The summed E-state index contributed by atoms with van der Waals surface area (Å²) in [5.41, 5.74) is 1.44. The topological polar surface area (TPSA) is 85.4 Å². The van der Waals surface area contributed by atoms with Crippen molar-refractivity contribution in [1.82, 2.24) is 4.57 Å². The molecule has 0 fully saturated rings. The van der Waals surface area contributed by atoms with E-state index < -0.39 is 5.91 Å². The van der Waals surface area contributed by atoms with Gasteiger partial charge in [0.15, 0.2) is 17.2 Å². The average molecular weight is 381 g/mol. The molecule has 0 unspecified atom stereocenters. The van der Waals surface area contributed by atoms with Crippen molar-refractivity contribution >= 4 is 22.5 Å². The van der Waals surface area contributed by atoms with Crippen LogP contribution < -0.4 is 9.47 Å². The van der Waals surface area contributed by atoms with Gasteiger partial charge >= 0.3 is 0 Å². The van der Waals surface area contributed by atoms with Crippen molar-refractivity contribution in [2.75, 3.05) is 14.2 Å². The Labute approximate surface area is 163 Å². The Morgan fingerprint density at radius 3 is 2.50 bits per heavy atom. The first kappa shape index (κ1) is 19.4. The van der Waals surface area contributed by atoms with Crippen LogP contribution in [0.4, 0.5) is 5.69 Å². The first-order valence-corrected chi connectivity index (χ1v) is 8.94. The van der Waals surface area contributed by atoms with E-state index in [2.05, 4.69) is 24.1 Å². The standard InChI is InChI=1S/C21H23N3O4/c1-13(2)12-24-16-8-6-5-7-15(16)19(21(24)26)22-23-20(25)14-9-10-17(27-3)18(11-14)28-4/h5-11,13,26H,12H2,1-4H3. The number of amides is 1. The van der Waals surface area contributed by atoms with Gasteiger partial charge in [0.25, 0.3) is 5.91 Å². The van der Waals surface area contributed by atoms with Crippen molar-refractivity contribution in [2.45, 2.75) is 20.4 Å². The van der Waals surface area contributed by atoms with Gasteiger partial charge in [-0.2, -0.15) is 0 Å². The maximum atomic E-state index is 12.5. The molecule has 0 atom stereocenters. The second-order valence-corrected chi connectivity index (χ2v) is 6.77. The summed E-state index contributed by atoms with van der Waals surface area (Å²) < 4.78 is 12.2. The molecule has 7 heteroatoms. The highest BCUT2D eigenvalue weighted by atomic mass is 16.5. The van der Waals surface area contributed by atoms with Crippen molar-refractivity contribution in [2.24, 2.45) is 16.1 Å². The molecule has 3 rings (SSSR count). The third kappa shape index (κ3) is 3.69. The number of hydrogen-bond acceptors (Lipinski definition) is 5. The number of aromatic hydroxyl groups is 1. The van der Waals surface area contributed by atoms with E-state index in [1.54, 1.807) is 22.8 Å². The first-order valence-electron chi connectivity index (χ1n) is 8.94. The van der Waals surface area contributed by atoms with Crippen molar-refractivity contribution in [3.63, 3.8) is 0 Å². The van der Waals surface area contributed by atoms with Gasteiger partial charge < -0.3 is 19.1 Å². The lowest BCUT2D eigenvalue weighted by Gasteiger charge is -2.09. The molecule has 3 aromatic rings. The summed E-state index contributed by atoms with van der Waals surface area (Å²) in [5.74, 6) is 0.741. The lowest BCUT2D eigenvalue weighted by Crippen LogP contribution is -2.03. The Bertz CT molecular complexity index is 1040. The van der Waals surface area contributed by atoms with Crippen LogP contribution in [0.3, 0.4) is 0 Å². The summed E-state index contributed by atoms with van der Waals surface area (Å²) in [6.07, 6.45) is 0.